The summed E-state index contributed by atoms with van der Waals surface area (Å²) >= 11 is 0. The van der Waals surface area contributed by atoms with Crippen molar-refractivity contribution >= 4 is 19.6 Å². The minimum Gasteiger partial charge on any atom is -0.493 e. The third kappa shape index (κ3) is 2.60. The molecule has 2 radical (unpaired) electrons. The SMILES string of the molecule is [B]CCOc1cnc2c(c1)CCCN2C(C)=O. The highest BCUT2D eigenvalue weighted by Crippen LogP contribution is 2.27. The van der Waals surface area contributed by atoms with Crippen LogP contribution in [0.15, 0.2) is 12.3 Å². The first-order valence-electron chi connectivity index (χ1n) is 5.82. The molecule has 0 N–H and O–H groups in total. The summed E-state index contributed by atoms with van der Waals surface area (Å²) < 4.78 is 5.43. The maximum absolute atomic E-state index is 11.5. The van der Waals surface area contributed by atoms with E-state index in [1.807, 2.05) is 6.07 Å². The smallest absolute Gasteiger partial charge is 0.225 e. The number of carbonyl (C=O) groups is 1. The highest BCUT2D eigenvalue weighted by Gasteiger charge is 2.21. The van der Waals surface area contributed by atoms with Gasteiger partial charge in [0.1, 0.15) is 11.6 Å². The van der Waals surface area contributed by atoms with Crippen LogP contribution < -0.4 is 9.64 Å². The minimum atomic E-state index is 0.0362. The van der Waals surface area contributed by atoms with E-state index in [1.54, 1.807) is 18.0 Å². The van der Waals surface area contributed by atoms with E-state index >= 15 is 0 Å². The van der Waals surface area contributed by atoms with Crippen molar-refractivity contribution in [3.8, 4) is 5.75 Å². The number of hydrogen-bond donors (Lipinski definition) is 0. The average Bonchev–Trinajstić information content (AvgIpc) is 2.35. The molecular formula is C12H15BN2O2. The predicted octanol–water partition coefficient (Wildman–Crippen LogP) is 1.35. The lowest BCUT2D eigenvalue weighted by Crippen LogP contribution is -2.34. The van der Waals surface area contributed by atoms with Crippen molar-refractivity contribution in [1.82, 2.24) is 4.98 Å². The number of amides is 1. The lowest BCUT2D eigenvalue weighted by atomic mass is 10.1. The summed E-state index contributed by atoms with van der Waals surface area (Å²) in [6.45, 7) is 2.80. The molecule has 17 heavy (non-hydrogen) atoms. The van der Waals surface area contributed by atoms with Gasteiger partial charge in [0.05, 0.1) is 20.7 Å². The number of aryl methyl sites for hydroxylation is 1. The number of hydrogen-bond acceptors (Lipinski definition) is 3. The van der Waals surface area contributed by atoms with Crippen LogP contribution >= 0.6 is 0 Å². The Labute approximate surface area is 102 Å². The van der Waals surface area contributed by atoms with Crippen LogP contribution in [0.4, 0.5) is 5.82 Å². The number of fused-ring (bicyclic) bond motifs is 1. The summed E-state index contributed by atoms with van der Waals surface area (Å²) in [6, 6.07) is 1.95. The molecule has 1 amide bonds. The second-order valence-corrected chi connectivity index (χ2v) is 4.07. The summed E-state index contributed by atoms with van der Waals surface area (Å²) in [7, 11) is 5.38. The van der Waals surface area contributed by atoms with E-state index in [0.717, 1.165) is 36.5 Å². The van der Waals surface area contributed by atoms with Gasteiger partial charge in [-0.1, -0.05) is 6.32 Å². The van der Waals surface area contributed by atoms with Crippen LogP contribution in [-0.4, -0.2) is 31.9 Å². The molecule has 1 aliphatic rings. The Morgan fingerprint density at radius 1 is 1.65 bits per heavy atom. The van der Waals surface area contributed by atoms with Crippen LogP contribution in [0.25, 0.3) is 0 Å². The Bertz CT molecular complexity index is 423. The number of nitrogens with zero attached hydrogens (tertiary/aromatic N) is 2. The largest absolute Gasteiger partial charge is 0.493 e. The zero-order chi connectivity index (χ0) is 12.3. The molecule has 0 unspecified atom stereocenters. The molecule has 0 aromatic carbocycles. The molecule has 0 fully saturated rings. The molecular weight excluding hydrogens is 215 g/mol. The molecule has 4 nitrogen and oxygen atoms in total. The Balaban J connectivity index is 2.23. The maximum Gasteiger partial charge on any atom is 0.225 e. The molecule has 0 bridgehead atoms. The van der Waals surface area contributed by atoms with E-state index in [0.29, 0.717) is 12.9 Å². The van der Waals surface area contributed by atoms with Crippen molar-refractivity contribution in [2.75, 3.05) is 18.1 Å². The fourth-order valence-electron chi connectivity index (χ4n) is 2.00. The second kappa shape index (κ2) is 5.21. The van der Waals surface area contributed by atoms with Gasteiger partial charge in [-0.2, -0.15) is 0 Å². The number of rotatable bonds is 3. The van der Waals surface area contributed by atoms with Gasteiger partial charge < -0.3 is 4.74 Å². The molecule has 1 aliphatic heterocycles. The lowest BCUT2D eigenvalue weighted by Gasteiger charge is -2.27. The fraction of sp³-hybridized carbons (Fsp3) is 0.500. The zero-order valence-electron chi connectivity index (χ0n) is 9.98. The zero-order valence-corrected chi connectivity index (χ0v) is 9.98. The van der Waals surface area contributed by atoms with Gasteiger partial charge in [0.25, 0.3) is 0 Å². The van der Waals surface area contributed by atoms with E-state index in [2.05, 4.69) is 4.98 Å². The fourth-order valence-corrected chi connectivity index (χ4v) is 2.00. The van der Waals surface area contributed by atoms with Gasteiger partial charge in [0.2, 0.25) is 5.91 Å². The molecule has 5 heteroatoms. The Morgan fingerprint density at radius 2 is 2.47 bits per heavy atom. The molecule has 1 aromatic heterocycles. The monoisotopic (exact) mass is 230 g/mol. The quantitative estimate of drug-likeness (QED) is 0.736. The van der Waals surface area contributed by atoms with Crippen LogP contribution in [0.1, 0.15) is 18.9 Å². The highest BCUT2D eigenvalue weighted by atomic mass is 16.5. The van der Waals surface area contributed by atoms with Crippen LogP contribution in [0, 0.1) is 0 Å². The number of aromatic nitrogens is 1. The Hall–Kier alpha value is -1.52. The van der Waals surface area contributed by atoms with Gasteiger partial charge >= 0.3 is 0 Å². The van der Waals surface area contributed by atoms with Gasteiger partial charge in [0.15, 0.2) is 0 Å². The number of carbonyl (C=O) groups excluding carboxylic acids is 1. The van der Waals surface area contributed by atoms with Crippen molar-refractivity contribution in [2.24, 2.45) is 0 Å². The van der Waals surface area contributed by atoms with Crippen molar-refractivity contribution in [3.05, 3.63) is 17.8 Å². The van der Waals surface area contributed by atoms with E-state index in [-0.39, 0.29) is 5.91 Å². The van der Waals surface area contributed by atoms with Gasteiger partial charge in [-0.15, -0.1) is 0 Å². The van der Waals surface area contributed by atoms with Gasteiger partial charge in [-0.25, -0.2) is 4.98 Å². The Morgan fingerprint density at radius 3 is 3.18 bits per heavy atom. The Kier molecular flexibility index (Phi) is 3.66. The normalized spacial score (nSPS) is 14.3. The van der Waals surface area contributed by atoms with Crippen molar-refractivity contribution in [1.29, 1.82) is 0 Å². The van der Waals surface area contributed by atoms with Crippen molar-refractivity contribution < 1.29 is 9.53 Å². The number of ether oxygens (including phenoxy) is 1. The molecule has 0 saturated heterocycles. The van der Waals surface area contributed by atoms with E-state index in [1.165, 1.54) is 0 Å². The van der Waals surface area contributed by atoms with Crippen LogP contribution in [0.3, 0.4) is 0 Å². The highest BCUT2D eigenvalue weighted by molar-refractivity contribution is 6.08. The van der Waals surface area contributed by atoms with Crippen LogP contribution in [0.5, 0.6) is 5.75 Å². The second-order valence-electron chi connectivity index (χ2n) is 4.07. The van der Waals surface area contributed by atoms with Gasteiger partial charge in [-0.05, 0) is 24.5 Å². The van der Waals surface area contributed by atoms with Crippen molar-refractivity contribution in [2.45, 2.75) is 26.1 Å². The topological polar surface area (TPSA) is 42.4 Å². The molecule has 2 heterocycles. The van der Waals surface area contributed by atoms with Crippen molar-refractivity contribution in [3.63, 3.8) is 0 Å². The molecule has 88 valence electrons. The molecule has 0 aliphatic carbocycles. The van der Waals surface area contributed by atoms with Crippen LogP contribution in [-0.2, 0) is 11.2 Å². The summed E-state index contributed by atoms with van der Waals surface area (Å²) in [4.78, 5) is 17.5. The predicted molar refractivity (Wildman–Crippen MR) is 66.6 cm³/mol. The average molecular weight is 230 g/mol. The van der Waals surface area contributed by atoms with E-state index in [9.17, 15) is 4.79 Å². The first kappa shape index (κ1) is 12.0. The van der Waals surface area contributed by atoms with Gasteiger partial charge in [-0.3, -0.25) is 9.69 Å². The van der Waals surface area contributed by atoms with Gasteiger partial charge in [0, 0.05) is 13.5 Å². The summed E-state index contributed by atoms with van der Waals surface area (Å²) in [5.74, 6) is 1.53. The number of anilines is 1. The first-order chi connectivity index (χ1) is 8.22. The third-order valence-electron chi connectivity index (χ3n) is 2.77. The molecule has 0 spiro atoms. The third-order valence-corrected chi connectivity index (χ3v) is 2.77. The maximum atomic E-state index is 11.5. The van der Waals surface area contributed by atoms with E-state index < -0.39 is 0 Å². The summed E-state index contributed by atoms with van der Waals surface area (Å²) in [6.07, 6.45) is 4.03. The summed E-state index contributed by atoms with van der Waals surface area (Å²) in [5, 5.41) is 0. The molecule has 2 rings (SSSR count). The number of pyridine rings is 1. The van der Waals surface area contributed by atoms with E-state index in [4.69, 9.17) is 12.6 Å². The van der Waals surface area contributed by atoms with Crippen LogP contribution in [0.2, 0.25) is 6.32 Å². The minimum absolute atomic E-state index is 0.0362. The standard InChI is InChI=1S/C12H15BN2O2/c1-9(16)15-5-2-3-10-7-11(17-6-4-13)8-14-12(10)15/h7-8H,2-6H2,1H3. The first-order valence-corrected chi connectivity index (χ1v) is 5.82. The molecule has 1 aromatic rings. The molecule has 0 saturated carbocycles. The molecule has 0 atom stereocenters. The summed E-state index contributed by atoms with van der Waals surface area (Å²) in [5.41, 5.74) is 1.07. The lowest BCUT2D eigenvalue weighted by molar-refractivity contribution is -0.116.